The van der Waals surface area contributed by atoms with Crippen molar-refractivity contribution in [1.29, 1.82) is 0 Å². The second-order valence-corrected chi connectivity index (χ2v) is 8.52. The van der Waals surface area contributed by atoms with Crippen LogP contribution in [-0.4, -0.2) is 65.1 Å². The molecule has 3 heterocycles. The van der Waals surface area contributed by atoms with Gasteiger partial charge in [-0.1, -0.05) is 30.3 Å². The molecule has 1 amide bonds. The summed E-state index contributed by atoms with van der Waals surface area (Å²) in [6, 6.07) is 14.0. The standard InChI is InChI=1S/C24H28N4O2S/c29-23(17-22-19-31-24(26-22)21-5-2-1-3-6-21)28(18-20-7-9-25-10-8-20)12-4-11-27-13-15-30-16-14-27/h1-3,5-10,19H,4,11-18H2. The van der Waals surface area contributed by atoms with E-state index < -0.39 is 0 Å². The number of hydrogen-bond acceptors (Lipinski definition) is 6. The first-order chi connectivity index (χ1) is 15.3. The summed E-state index contributed by atoms with van der Waals surface area (Å²) in [5, 5.41) is 2.95. The molecule has 1 aliphatic heterocycles. The molecule has 0 atom stereocenters. The van der Waals surface area contributed by atoms with E-state index in [0.29, 0.717) is 13.0 Å². The predicted molar refractivity (Wildman–Crippen MR) is 123 cm³/mol. The smallest absolute Gasteiger partial charge is 0.228 e. The number of rotatable bonds is 9. The summed E-state index contributed by atoms with van der Waals surface area (Å²) in [5.41, 5.74) is 3.02. The van der Waals surface area contributed by atoms with Gasteiger partial charge in [0.25, 0.3) is 0 Å². The highest BCUT2D eigenvalue weighted by Gasteiger charge is 2.18. The van der Waals surface area contributed by atoms with E-state index in [4.69, 9.17) is 9.72 Å². The van der Waals surface area contributed by atoms with Crippen LogP contribution in [0.3, 0.4) is 0 Å². The Kier molecular flexibility index (Phi) is 7.76. The summed E-state index contributed by atoms with van der Waals surface area (Å²) < 4.78 is 5.43. The maximum atomic E-state index is 13.2. The highest BCUT2D eigenvalue weighted by Crippen LogP contribution is 2.23. The lowest BCUT2D eigenvalue weighted by Crippen LogP contribution is -2.39. The van der Waals surface area contributed by atoms with Crippen LogP contribution in [-0.2, 0) is 22.5 Å². The number of pyridine rings is 1. The first kappa shape index (κ1) is 21.6. The number of amides is 1. The Balaban J connectivity index is 1.38. The minimum Gasteiger partial charge on any atom is -0.379 e. The molecular weight excluding hydrogens is 408 g/mol. The van der Waals surface area contributed by atoms with Crippen molar-refractivity contribution in [3.63, 3.8) is 0 Å². The lowest BCUT2D eigenvalue weighted by Gasteiger charge is -2.28. The lowest BCUT2D eigenvalue weighted by atomic mass is 10.2. The number of carbonyl (C=O) groups excluding carboxylic acids is 1. The molecule has 1 saturated heterocycles. The van der Waals surface area contributed by atoms with Gasteiger partial charge in [-0.05, 0) is 24.1 Å². The Bertz CT molecular complexity index is 942. The van der Waals surface area contributed by atoms with Crippen molar-refractivity contribution in [2.24, 2.45) is 0 Å². The maximum Gasteiger partial charge on any atom is 0.228 e. The molecule has 1 aromatic carbocycles. The molecule has 0 aliphatic carbocycles. The fraction of sp³-hybridized carbons (Fsp3) is 0.375. The summed E-state index contributed by atoms with van der Waals surface area (Å²) >= 11 is 1.59. The number of thiazole rings is 1. The molecular formula is C24H28N4O2S. The third-order valence-corrected chi connectivity index (χ3v) is 6.33. The van der Waals surface area contributed by atoms with E-state index in [0.717, 1.165) is 67.6 Å². The van der Waals surface area contributed by atoms with Gasteiger partial charge in [-0.15, -0.1) is 11.3 Å². The molecule has 3 aromatic rings. The van der Waals surface area contributed by atoms with E-state index in [1.165, 1.54) is 0 Å². The number of aromatic nitrogens is 2. The SMILES string of the molecule is O=C(Cc1csc(-c2ccccc2)n1)N(CCCN1CCOCC1)Cc1ccncc1. The number of hydrogen-bond donors (Lipinski definition) is 0. The lowest BCUT2D eigenvalue weighted by molar-refractivity contribution is -0.131. The van der Waals surface area contributed by atoms with Gasteiger partial charge in [-0.2, -0.15) is 0 Å². The quantitative estimate of drug-likeness (QED) is 0.514. The van der Waals surface area contributed by atoms with E-state index in [1.807, 2.05) is 52.7 Å². The van der Waals surface area contributed by atoms with Crippen molar-refractivity contribution < 1.29 is 9.53 Å². The molecule has 0 saturated carbocycles. The molecule has 0 bridgehead atoms. The van der Waals surface area contributed by atoms with Crippen LogP contribution in [0.2, 0.25) is 0 Å². The van der Waals surface area contributed by atoms with Crippen molar-refractivity contribution in [2.75, 3.05) is 39.4 Å². The number of nitrogens with zero attached hydrogens (tertiary/aromatic N) is 4. The second kappa shape index (κ2) is 11.1. The molecule has 31 heavy (non-hydrogen) atoms. The van der Waals surface area contributed by atoms with E-state index in [2.05, 4.69) is 9.88 Å². The van der Waals surface area contributed by atoms with Gasteiger partial charge >= 0.3 is 0 Å². The number of morpholine rings is 1. The highest BCUT2D eigenvalue weighted by atomic mass is 32.1. The highest BCUT2D eigenvalue weighted by molar-refractivity contribution is 7.13. The monoisotopic (exact) mass is 436 g/mol. The fourth-order valence-electron chi connectivity index (χ4n) is 3.68. The molecule has 7 heteroatoms. The Morgan fingerprint density at radius 3 is 2.65 bits per heavy atom. The summed E-state index contributed by atoms with van der Waals surface area (Å²) in [4.78, 5) is 26.3. The van der Waals surface area contributed by atoms with Crippen LogP contribution in [0.15, 0.2) is 60.2 Å². The topological polar surface area (TPSA) is 58.6 Å². The Morgan fingerprint density at radius 2 is 1.87 bits per heavy atom. The van der Waals surface area contributed by atoms with Crippen LogP contribution in [0.5, 0.6) is 0 Å². The predicted octanol–water partition coefficient (Wildman–Crippen LogP) is 3.50. The van der Waals surface area contributed by atoms with Crippen LogP contribution in [0, 0.1) is 0 Å². The van der Waals surface area contributed by atoms with Crippen LogP contribution < -0.4 is 0 Å². The van der Waals surface area contributed by atoms with Gasteiger partial charge in [-0.25, -0.2) is 4.98 Å². The van der Waals surface area contributed by atoms with Crippen LogP contribution in [0.1, 0.15) is 17.7 Å². The average molecular weight is 437 g/mol. The molecule has 4 rings (SSSR count). The summed E-state index contributed by atoms with van der Waals surface area (Å²) in [6.45, 7) is 5.85. The van der Waals surface area contributed by atoms with Gasteiger partial charge in [0.1, 0.15) is 5.01 Å². The first-order valence-electron chi connectivity index (χ1n) is 10.7. The maximum absolute atomic E-state index is 13.2. The number of carbonyl (C=O) groups is 1. The van der Waals surface area contributed by atoms with Gasteiger partial charge in [-0.3, -0.25) is 14.7 Å². The van der Waals surface area contributed by atoms with Crippen molar-refractivity contribution in [2.45, 2.75) is 19.4 Å². The van der Waals surface area contributed by atoms with Crippen molar-refractivity contribution >= 4 is 17.2 Å². The minimum atomic E-state index is 0.115. The molecule has 2 aromatic heterocycles. The third-order valence-electron chi connectivity index (χ3n) is 5.39. The Morgan fingerprint density at radius 1 is 1.10 bits per heavy atom. The summed E-state index contributed by atoms with van der Waals surface area (Å²) in [5.74, 6) is 0.115. The zero-order valence-corrected chi connectivity index (χ0v) is 18.5. The van der Waals surface area contributed by atoms with Gasteiger partial charge in [0.15, 0.2) is 0 Å². The van der Waals surface area contributed by atoms with Crippen molar-refractivity contribution in [1.82, 2.24) is 19.8 Å². The Hall–Kier alpha value is -2.61. The number of ether oxygens (including phenoxy) is 1. The molecule has 0 unspecified atom stereocenters. The molecule has 0 N–H and O–H groups in total. The van der Waals surface area contributed by atoms with E-state index in [9.17, 15) is 4.79 Å². The molecule has 0 radical (unpaired) electrons. The fourth-order valence-corrected chi connectivity index (χ4v) is 4.50. The van der Waals surface area contributed by atoms with Gasteiger partial charge in [0.05, 0.1) is 25.3 Å². The second-order valence-electron chi connectivity index (χ2n) is 7.67. The van der Waals surface area contributed by atoms with Crippen LogP contribution in [0.4, 0.5) is 0 Å². The van der Waals surface area contributed by atoms with Crippen LogP contribution >= 0.6 is 11.3 Å². The molecule has 6 nitrogen and oxygen atoms in total. The summed E-state index contributed by atoms with van der Waals surface area (Å²) in [6.07, 6.45) is 4.83. The summed E-state index contributed by atoms with van der Waals surface area (Å²) in [7, 11) is 0. The molecule has 162 valence electrons. The van der Waals surface area contributed by atoms with Crippen molar-refractivity contribution in [3.8, 4) is 10.6 Å². The zero-order valence-electron chi connectivity index (χ0n) is 17.7. The number of benzene rings is 1. The largest absolute Gasteiger partial charge is 0.379 e. The van der Waals surface area contributed by atoms with E-state index >= 15 is 0 Å². The zero-order chi connectivity index (χ0) is 21.3. The first-order valence-corrected chi connectivity index (χ1v) is 11.6. The minimum absolute atomic E-state index is 0.115. The van der Waals surface area contributed by atoms with Gasteiger partial charge in [0, 0.05) is 56.1 Å². The van der Waals surface area contributed by atoms with Gasteiger partial charge < -0.3 is 9.64 Å². The van der Waals surface area contributed by atoms with Gasteiger partial charge in [0.2, 0.25) is 5.91 Å². The molecule has 0 spiro atoms. The molecule has 1 aliphatic rings. The molecule has 1 fully saturated rings. The average Bonchev–Trinajstić information content (AvgIpc) is 3.29. The van der Waals surface area contributed by atoms with E-state index in [1.54, 1.807) is 23.7 Å². The third kappa shape index (κ3) is 6.43. The van der Waals surface area contributed by atoms with E-state index in [-0.39, 0.29) is 5.91 Å². The Labute approximate surface area is 187 Å². The van der Waals surface area contributed by atoms with Crippen LogP contribution in [0.25, 0.3) is 10.6 Å². The normalized spacial score (nSPS) is 14.5. The van der Waals surface area contributed by atoms with Crippen molar-refractivity contribution in [3.05, 3.63) is 71.5 Å².